The van der Waals surface area contributed by atoms with E-state index in [1.165, 1.54) is 0 Å². The predicted octanol–water partition coefficient (Wildman–Crippen LogP) is 2.42. The van der Waals surface area contributed by atoms with E-state index in [0.29, 0.717) is 13.0 Å². The number of hydrogen-bond acceptors (Lipinski definition) is 2. The number of amides is 1. The molecule has 17 heavy (non-hydrogen) atoms. The molecule has 94 valence electrons. The summed E-state index contributed by atoms with van der Waals surface area (Å²) in [5.74, 6) is -0.0583. The van der Waals surface area contributed by atoms with Gasteiger partial charge in [-0.25, -0.2) is 0 Å². The van der Waals surface area contributed by atoms with Crippen LogP contribution in [0.3, 0.4) is 0 Å². The van der Waals surface area contributed by atoms with E-state index in [1.807, 2.05) is 31.2 Å². The second kappa shape index (κ2) is 7.30. The van der Waals surface area contributed by atoms with E-state index in [4.69, 9.17) is 16.3 Å². The molecule has 1 rings (SSSR count). The zero-order chi connectivity index (χ0) is 12.7. The molecule has 0 saturated carbocycles. The van der Waals surface area contributed by atoms with Gasteiger partial charge in [0.05, 0.1) is 0 Å². The zero-order valence-electron chi connectivity index (χ0n) is 10.2. The van der Waals surface area contributed by atoms with Crippen LogP contribution in [0.4, 0.5) is 0 Å². The largest absolute Gasteiger partial charge is 0.372 e. The summed E-state index contributed by atoms with van der Waals surface area (Å²) >= 11 is 5.87. The molecule has 0 heterocycles. The monoisotopic (exact) mass is 255 g/mol. The maximum atomic E-state index is 11.6. The van der Waals surface area contributed by atoms with Crippen LogP contribution in [0.5, 0.6) is 0 Å². The SMILES string of the molecule is CC[C@@H](OC)C(=O)NCCc1cccc(Cl)c1. The zero-order valence-corrected chi connectivity index (χ0v) is 11.0. The van der Waals surface area contributed by atoms with Gasteiger partial charge < -0.3 is 10.1 Å². The van der Waals surface area contributed by atoms with Gasteiger partial charge in [0.15, 0.2) is 0 Å². The van der Waals surface area contributed by atoms with Crippen LogP contribution >= 0.6 is 11.6 Å². The van der Waals surface area contributed by atoms with E-state index < -0.39 is 0 Å². The van der Waals surface area contributed by atoms with Gasteiger partial charge >= 0.3 is 0 Å². The van der Waals surface area contributed by atoms with E-state index in [2.05, 4.69) is 5.32 Å². The molecule has 0 unspecified atom stereocenters. The topological polar surface area (TPSA) is 38.3 Å². The minimum absolute atomic E-state index is 0.0583. The molecule has 1 aromatic rings. The van der Waals surface area contributed by atoms with Crippen LogP contribution in [-0.2, 0) is 16.0 Å². The number of methoxy groups -OCH3 is 1. The number of rotatable bonds is 6. The Morgan fingerprint density at radius 2 is 2.29 bits per heavy atom. The van der Waals surface area contributed by atoms with Crippen LogP contribution in [0.25, 0.3) is 0 Å². The molecule has 1 amide bonds. The fraction of sp³-hybridized carbons (Fsp3) is 0.462. The molecular weight excluding hydrogens is 238 g/mol. The number of carbonyl (C=O) groups is 1. The highest BCUT2D eigenvalue weighted by Gasteiger charge is 2.13. The summed E-state index contributed by atoms with van der Waals surface area (Å²) in [7, 11) is 1.55. The Kier molecular flexibility index (Phi) is 6.01. The van der Waals surface area contributed by atoms with Crippen molar-refractivity contribution in [2.45, 2.75) is 25.9 Å². The predicted molar refractivity (Wildman–Crippen MR) is 69.3 cm³/mol. The van der Waals surface area contributed by atoms with Gasteiger partial charge in [-0.15, -0.1) is 0 Å². The molecule has 0 fully saturated rings. The van der Waals surface area contributed by atoms with Gasteiger partial charge in [0.1, 0.15) is 6.10 Å². The van der Waals surface area contributed by atoms with Crippen LogP contribution in [0.2, 0.25) is 5.02 Å². The maximum absolute atomic E-state index is 11.6. The Morgan fingerprint density at radius 3 is 2.88 bits per heavy atom. The lowest BCUT2D eigenvalue weighted by Gasteiger charge is -2.13. The number of halogens is 1. The summed E-state index contributed by atoms with van der Waals surface area (Å²) in [6.45, 7) is 2.52. The minimum atomic E-state index is -0.352. The van der Waals surface area contributed by atoms with E-state index in [9.17, 15) is 4.79 Å². The van der Waals surface area contributed by atoms with Crippen molar-refractivity contribution in [2.75, 3.05) is 13.7 Å². The number of nitrogens with one attached hydrogen (secondary N) is 1. The Balaban J connectivity index is 2.35. The number of carbonyl (C=O) groups excluding carboxylic acids is 1. The summed E-state index contributed by atoms with van der Waals surface area (Å²) in [6.07, 6.45) is 1.10. The first kappa shape index (κ1) is 14.0. The van der Waals surface area contributed by atoms with E-state index >= 15 is 0 Å². The van der Waals surface area contributed by atoms with Gasteiger partial charge in [-0.2, -0.15) is 0 Å². The highest BCUT2D eigenvalue weighted by atomic mass is 35.5. The van der Waals surface area contributed by atoms with Crippen molar-refractivity contribution in [2.24, 2.45) is 0 Å². The van der Waals surface area contributed by atoms with Crippen LogP contribution < -0.4 is 5.32 Å². The average molecular weight is 256 g/mol. The molecule has 0 aromatic heterocycles. The Morgan fingerprint density at radius 1 is 1.53 bits per heavy atom. The van der Waals surface area contributed by atoms with E-state index in [1.54, 1.807) is 7.11 Å². The van der Waals surface area contributed by atoms with Crippen molar-refractivity contribution in [3.05, 3.63) is 34.9 Å². The van der Waals surface area contributed by atoms with Crippen molar-refractivity contribution >= 4 is 17.5 Å². The van der Waals surface area contributed by atoms with Gasteiger partial charge in [0, 0.05) is 18.7 Å². The molecular formula is C13H18ClNO2. The molecule has 3 nitrogen and oxygen atoms in total. The fourth-order valence-electron chi connectivity index (χ4n) is 1.60. The Hall–Kier alpha value is -1.06. The van der Waals surface area contributed by atoms with E-state index in [-0.39, 0.29) is 12.0 Å². The summed E-state index contributed by atoms with van der Waals surface area (Å²) < 4.78 is 5.05. The lowest BCUT2D eigenvalue weighted by Crippen LogP contribution is -2.36. The molecule has 1 N–H and O–H groups in total. The highest BCUT2D eigenvalue weighted by molar-refractivity contribution is 6.30. The molecule has 0 radical (unpaired) electrons. The van der Waals surface area contributed by atoms with Crippen molar-refractivity contribution in [3.8, 4) is 0 Å². The number of ether oxygens (including phenoxy) is 1. The molecule has 1 aromatic carbocycles. The summed E-state index contributed by atoms with van der Waals surface area (Å²) in [5.41, 5.74) is 1.11. The first-order chi connectivity index (χ1) is 8.17. The second-order valence-electron chi connectivity index (χ2n) is 3.80. The molecule has 1 atom stereocenters. The maximum Gasteiger partial charge on any atom is 0.249 e. The van der Waals surface area contributed by atoms with Crippen LogP contribution in [0.15, 0.2) is 24.3 Å². The van der Waals surface area contributed by atoms with Crippen molar-refractivity contribution in [3.63, 3.8) is 0 Å². The third-order valence-electron chi connectivity index (χ3n) is 2.55. The van der Waals surface area contributed by atoms with Crippen LogP contribution in [0, 0.1) is 0 Å². The quantitative estimate of drug-likeness (QED) is 0.848. The van der Waals surface area contributed by atoms with Gasteiger partial charge in [0.2, 0.25) is 5.91 Å². The first-order valence-corrected chi connectivity index (χ1v) is 6.10. The lowest BCUT2D eigenvalue weighted by atomic mass is 10.1. The van der Waals surface area contributed by atoms with Crippen LogP contribution in [-0.4, -0.2) is 25.7 Å². The Bertz CT molecular complexity index is 364. The molecule has 0 bridgehead atoms. The minimum Gasteiger partial charge on any atom is -0.372 e. The van der Waals surface area contributed by atoms with Crippen molar-refractivity contribution < 1.29 is 9.53 Å². The van der Waals surface area contributed by atoms with Crippen molar-refractivity contribution in [1.82, 2.24) is 5.32 Å². The fourth-order valence-corrected chi connectivity index (χ4v) is 1.81. The summed E-state index contributed by atoms with van der Waals surface area (Å²) in [5, 5.41) is 3.57. The Labute approximate surface area is 107 Å². The molecule has 4 heteroatoms. The molecule has 0 spiro atoms. The standard InChI is InChI=1S/C13H18ClNO2/c1-3-12(17-2)13(16)15-8-7-10-5-4-6-11(14)9-10/h4-6,9,12H,3,7-8H2,1-2H3,(H,15,16)/t12-/m1/s1. The third kappa shape index (κ3) is 4.75. The molecule has 0 aliphatic carbocycles. The molecule has 0 aliphatic heterocycles. The average Bonchev–Trinajstić information content (AvgIpc) is 2.30. The normalized spacial score (nSPS) is 12.2. The van der Waals surface area contributed by atoms with Gasteiger partial charge in [-0.1, -0.05) is 30.7 Å². The van der Waals surface area contributed by atoms with Gasteiger partial charge in [-0.3, -0.25) is 4.79 Å². The smallest absolute Gasteiger partial charge is 0.249 e. The number of benzene rings is 1. The highest BCUT2D eigenvalue weighted by Crippen LogP contribution is 2.10. The molecule has 0 aliphatic rings. The second-order valence-corrected chi connectivity index (χ2v) is 4.24. The van der Waals surface area contributed by atoms with E-state index in [0.717, 1.165) is 17.0 Å². The lowest BCUT2D eigenvalue weighted by molar-refractivity contribution is -0.131. The molecule has 0 saturated heterocycles. The summed E-state index contributed by atoms with van der Waals surface area (Å²) in [4.78, 5) is 11.6. The number of hydrogen-bond donors (Lipinski definition) is 1. The van der Waals surface area contributed by atoms with Gasteiger partial charge in [0.25, 0.3) is 0 Å². The van der Waals surface area contributed by atoms with Crippen molar-refractivity contribution in [1.29, 1.82) is 0 Å². The van der Waals surface area contributed by atoms with Gasteiger partial charge in [-0.05, 0) is 30.5 Å². The van der Waals surface area contributed by atoms with Crippen LogP contribution in [0.1, 0.15) is 18.9 Å². The third-order valence-corrected chi connectivity index (χ3v) is 2.78. The summed E-state index contributed by atoms with van der Waals surface area (Å²) in [6, 6.07) is 7.64. The first-order valence-electron chi connectivity index (χ1n) is 5.72.